The van der Waals surface area contributed by atoms with Crippen LogP contribution in [0.3, 0.4) is 0 Å². The molecule has 3 rings (SSSR count). The Morgan fingerprint density at radius 1 is 1.33 bits per heavy atom. The van der Waals surface area contributed by atoms with E-state index in [1.807, 2.05) is 23.1 Å². The number of H-pyrrole nitrogens is 1. The van der Waals surface area contributed by atoms with Gasteiger partial charge in [0.1, 0.15) is 0 Å². The largest absolute Gasteiger partial charge is 0.361 e. The molecular weight excluding hydrogens is 298 g/mol. The summed E-state index contributed by atoms with van der Waals surface area (Å²) in [5.74, 6) is 0.787. The van der Waals surface area contributed by atoms with Crippen LogP contribution >= 0.6 is 0 Å². The maximum Gasteiger partial charge on any atom is 0.253 e. The Morgan fingerprint density at radius 2 is 2.12 bits per heavy atom. The van der Waals surface area contributed by atoms with E-state index in [9.17, 15) is 4.79 Å². The van der Waals surface area contributed by atoms with Crippen molar-refractivity contribution in [1.29, 1.82) is 5.41 Å². The lowest BCUT2D eigenvalue weighted by molar-refractivity contribution is 0.0687. The van der Waals surface area contributed by atoms with E-state index in [1.54, 1.807) is 6.20 Å². The number of aromatic amines is 1. The van der Waals surface area contributed by atoms with Gasteiger partial charge < -0.3 is 15.3 Å². The highest BCUT2D eigenvalue weighted by Crippen LogP contribution is 2.24. The van der Waals surface area contributed by atoms with Crippen LogP contribution in [0.5, 0.6) is 0 Å². The van der Waals surface area contributed by atoms with Crippen LogP contribution in [0.4, 0.5) is 0 Å². The zero-order valence-electron chi connectivity index (χ0n) is 14.4. The first kappa shape index (κ1) is 16.7. The molecule has 1 radical (unpaired) electrons. The molecule has 2 heterocycles. The number of rotatable bonds is 6. The van der Waals surface area contributed by atoms with Crippen LogP contribution in [-0.4, -0.2) is 34.6 Å². The maximum absolute atomic E-state index is 12.7. The number of aromatic nitrogens is 1. The smallest absolute Gasteiger partial charge is 0.253 e. The summed E-state index contributed by atoms with van der Waals surface area (Å²) in [6.07, 6.45) is 7.91. The number of fused-ring (bicyclic) bond motifs is 1. The molecule has 2 aromatic rings. The van der Waals surface area contributed by atoms with E-state index in [4.69, 9.17) is 5.41 Å². The van der Waals surface area contributed by atoms with Gasteiger partial charge in [-0.3, -0.25) is 4.79 Å². The molecule has 2 N–H and O–H groups in total. The Morgan fingerprint density at radius 3 is 2.88 bits per heavy atom. The summed E-state index contributed by atoms with van der Waals surface area (Å²) in [6.45, 7) is 3.79. The first-order valence-corrected chi connectivity index (χ1v) is 9.01. The van der Waals surface area contributed by atoms with Gasteiger partial charge in [-0.25, -0.2) is 0 Å². The van der Waals surface area contributed by atoms with Crippen molar-refractivity contribution < 1.29 is 4.79 Å². The molecule has 24 heavy (non-hydrogen) atoms. The Hall–Kier alpha value is -2.10. The van der Waals surface area contributed by atoms with Gasteiger partial charge in [-0.05, 0) is 50.2 Å². The van der Waals surface area contributed by atoms with E-state index in [0.29, 0.717) is 5.92 Å². The van der Waals surface area contributed by atoms with Crippen molar-refractivity contribution in [1.82, 2.24) is 9.88 Å². The van der Waals surface area contributed by atoms with Crippen LogP contribution in [-0.2, 0) is 0 Å². The summed E-state index contributed by atoms with van der Waals surface area (Å²) in [5, 5.41) is 8.92. The Kier molecular flexibility index (Phi) is 5.34. The molecule has 0 atom stereocenters. The molecular formula is C20H26N3O. The summed E-state index contributed by atoms with van der Waals surface area (Å²) in [7, 11) is 0. The van der Waals surface area contributed by atoms with E-state index < -0.39 is 0 Å². The molecule has 1 fully saturated rings. The second-order valence-electron chi connectivity index (χ2n) is 6.82. The molecule has 1 aliphatic heterocycles. The molecule has 1 aliphatic rings. The molecule has 1 saturated heterocycles. The lowest BCUT2D eigenvalue weighted by Crippen LogP contribution is -2.38. The summed E-state index contributed by atoms with van der Waals surface area (Å²) >= 11 is 0. The van der Waals surface area contributed by atoms with Gasteiger partial charge in [-0.2, -0.15) is 0 Å². The number of benzene rings is 1. The second kappa shape index (κ2) is 7.65. The van der Waals surface area contributed by atoms with Crippen LogP contribution in [0.1, 0.15) is 55.8 Å². The van der Waals surface area contributed by atoms with Crippen LogP contribution < -0.4 is 0 Å². The molecule has 0 aliphatic carbocycles. The topological polar surface area (TPSA) is 60.0 Å². The van der Waals surface area contributed by atoms with Crippen molar-refractivity contribution in [2.45, 2.75) is 45.4 Å². The lowest BCUT2D eigenvalue weighted by atomic mass is 9.90. The van der Waals surface area contributed by atoms with E-state index in [1.165, 1.54) is 0 Å². The van der Waals surface area contributed by atoms with Crippen molar-refractivity contribution in [2.75, 3.05) is 13.1 Å². The molecule has 1 aromatic heterocycles. The van der Waals surface area contributed by atoms with Gasteiger partial charge in [0.2, 0.25) is 0 Å². The monoisotopic (exact) mass is 324 g/mol. The van der Waals surface area contributed by atoms with Crippen molar-refractivity contribution in [2.24, 2.45) is 5.92 Å². The minimum absolute atomic E-state index is 0.128. The standard InChI is InChI=1S/C20H26N3O/c1-2-3-18(21)7-4-15-9-12-23(13-10-15)20(24)17-6-5-16-8-11-22-19(16)14-17/h5-6,11,14-15,21-22H,2-4,7,9-10,12-13H2,1H3. The third-order valence-corrected chi connectivity index (χ3v) is 5.03. The third-order valence-electron chi connectivity index (χ3n) is 5.03. The Balaban J connectivity index is 1.52. The summed E-state index contributed by atoms with van der Waals surface area (Å²) in [6, 6.07) is 8.87. The highest BCUT2D eigenvalue weighted by Gasteiger charge is 2.23. The van der Waals surface area contributed by atoms with Crippen LogP contribution in [0.2, 0.25) is 0 Å². The number of hydrogen-bond donors (Lipinski definition) is 2. The van der Waals surface area contributed by atoms with Crippen molar-refractivity contribution in [3.05, 3.63) is 36.0 Å². The Labute approximate surface area is 143 Å². The number of likely N-dealkylation sites (tertiary alicyclic amines) is 1. The van der Waals surface area contributed by atoms with Gasteiger partial charge in [0, 0.05) is 47.5 Å². The van der Waals surface area contributed by atoms with Gasteiger partial charge in [-0.1, -0.05) is 19.4 Å². The van der Waals surface area contributed by atoms with Crippen LogP contribution in [0.25, 0.3) is 10.9 Å². The second-order valence-corrected chi connectivity index (χ2v) is 6.82. The van der Waals surface area contributed by atoms with Crippen LogP contribution in [0.15, 0.2) is 24.4 Å². The highest BCUT2D eigenvalue weighted by molar-refractivity contribution is 5.97. The molecule has 4 heteroatoms. The average Bonchev–Trinajstić information content (AvgIpc) is 3.08. The number of amides is 1. The Bertz CT molecular complexity index is 710. The van der Waals surface area contributed by atoms with E-state index in [2.05, 4.69) is 18.0 Å². The predicted molar refractivity (Wildman–Crippen MR) is 97.6 cm³/mol. The molecule has 0 saturated carbocycles. The summed E-state index contributed by atoms with van der Waals surface area (Å²) in [4.78, 5) is 17.8. The molecule has 127 valence electrons. The van der Waals surface area contributed by atoms with Crippen molar-refractivity contribution in [3.8, 4) is 0 Å². The number of carbonyl (C=O) groups excluding carboxylic acids is 1. The first-order valence-electron chi connectivity index (χ1n) is 9.01. The first-order chi connectivity index (χ1) is 11.7. The van der Waals surface area contributed by atoms with Gasteiger partial charge in [0.05, 0.1) is 0 Å². The van der Waals surface area contributed by atoms with Gasteiger partial charge >= 0.3 is 0 Å². The average molecular weight is 324 g/mol. The predicted octanol–water partition coefficient (Wildman–Crippen LogP) is 4.42. The number of nitrogens with one attached hydrogen (secondary N) is 2. The van der Waals surface area contributed by atoms with Crippen molar-refractivity contribution in [3.63, 3.8) is 0 Å². The third kappa shape index (κ3) is 3.86. The van der Waals surface area contributed by atoms with Crippen molar-refractivity contribution >= 4 is 22.5 Å². The van der Waals surface area contributed by atoms with Gasteiger partial charge in [-0.15, -0.1) is 0 Å². The fourth-order valence-electron chi connectivity index (χ4n) is 3.53. The lowest BCUT2D eigenvalue weighted by Gasteiger charge is -2.32. The summed E-state index contributed by atoms with van der Waals surface area (Å²) in [5.41, 5.74) is 2.60. The van der Waals surface area contributed by atoms with Crippen LogP contribution in [0, 0.1) is 17.4 Å². The number of hydrogen-bond acceptors (Lipinski definition) is 2. The minimum Gasteiger partial charge on any atom is -0.361 e. The van der Waals surface area contributed by atoms with E-state index >= 15 is 0 Å². The fourth-order valence-corrected chi connectivity index (χ4v) is 3.53. The maximum atomic E-state index is 12.7. The zero-order chi connectivity index (χ0) is 16.9. The van der Waals surface area contributed by atoms with Gasteiger partial charge in [0.15, 0.2) is 0 Å². The zero-order valence-corrected chi connectivity index (χ0v) is 14.4. The molecule has 0 unspecified atom stereocenters. The quantitative estimate of drug-likeness (QED) is 0.759. The molecule has 1 aromatic carbocycles. The number of nitrogens with zero attached hydrogens (tertiary/aromatic N) is 1. The number of piperidine rings is 1. The fraction of sp³-hybridized carbons (Fsp3) is 0.500. The van der Waals surface area contributed by atoms with E-state index in [-0.39, 0.29) is 5.91 Å². The SMILES string of the molecule is CCCC(=N)CCC1CCN(C(=O)c2ccc3[c]c[nH]c3c2)CC1. The molecule has 0 bridgehead atoms. The highest BCUT2D eigenvalue weighted by atomic mass is 16.2. The minimum atomic E-state index is 0.128. The normalized spacial score (nSPS) is 15.8. The summed E-state index contributed by atoms with van der Waals surface area (Å²) < 4.78 is 0. The van der Waals surface area contributed by atoms with Gasteiger partial charge in [0.25, 0.3) is 5.91 Å². The molecule has 4 nitrogen and oxygen atoms in total. The van der Waals surface area contributed by atoms with E-state index in [0.717, 1.165) is 73.8 Å². The molecule has 0 spiro atoms. The number of carbonyl (C=O) groups is 1. The molecule has 1 amide bonds.